The van der Waals surface area contributed by atoms with Crippen LogP contribution < -0.4 is 10.3 Å². The lowest BCUT2D eigenvalue weighted by molar-refractivity contribution is -0.132. The minimum Gasteiger partial charge on any atom is -0.490 e. The van der Waals surface area contributed by atoms with Gasteiger partial charge < -0.3 is 14.2 Å². The molecule has 0 N–H and O–H groups in total. The zero-order valence-electron chi connectivity index (χ0n) is 15.8. The first-order valence-electron chi connectivity index (χ1n) is 9.29. The van der Waals surface area contributed by atoms with E-state index in [0.717, 1.165) is 29.4 Å². The molecule has 1 aromatic heterocycles. The van der Waals surface area contributed by atoms with Crippen LogP contribution >= 0.6 is 15.9 Å². The van der Waals surface area contributed by atoms with Crippen LogP contribution in [0.4, 0.5) is 0 Å². The van der Waals surface area contributed by atoms with Gasteiger partial charge in [0, 0.05) is 55.6 Å². The second kappa shape index (κ2) is 8.74. The fraction of sp³-hybridized carbons (Fsp3) is 0.429. The number of aryl methyl sites for hydroxylation is 2. The third kappa shape index (κ3) is 5.22. The number of benzene rings is 1. The van der Waals surface area contributed by atoms with Crippen LogP contribution in [0, 0.1) is 6.92 Å². The number of amides is 1. The summed E-state index contributed by atoms with van der Waals surface area (Å²) in [6, 6.07) is 11.5. The Hall–Kier alpha value is -2.08. The predicted molar refractivity (Wildman–Crippen MR) is 109 cm³/mol. The molecule has 1 aliphatic heterocycles. The summed E-state index contributed by atoms with van der Waals surface area (Å²) in [7, 11) is 1.75. The van der Waals surface area contributed by atoms with E-state index in [1.54, 1.807) is 11.6 Å². The number of carbonyl (C=O) groups is 1. The first-order chi connectivity index (χ1) is 12.9. The summed E-state index contributed by atoms with van der Waals surface area (Å²) < 4.78 is 8.63. The van der Waals surface area contributed by atoms with Gasteiger partial charge >= 0.3 is 0 Å². The van der Waals surface area contributed by atoms with Crippen molar-refractivity contribution in [2.24, 2.45) is 7.05 Å². The molecule has 3 rings (SSSR count). The Bertz CT molecular complexity index is 853. The van der Waals surface area contributed by atoms with Gasteiger partial charge in [0.15, 0.2) is 0 Å². The second-order valence-corrected chi connectivity index (χ2v) is 7.97. The lowest BCUT2D eigenvalue weighted by Gasteiger charge is -2.32. The van der Waals surface area contributed by atoms with Gasteiger partial charge in [-0.15, -0.1) is 0 Å². The van der Waals surface area contributed by atoms with Crippen LogP contribution in [0.1, 0.15) is 30.5 Å². The molecular formula is C21H25BrN2O3. The predicted octanol–water partition coefficient (Wildman–Crippen LogP) is 3.46. The smallest absolute Gasteiger partial charge is 0.254 e. The van der Waals surface area contributed by atoms with E-state index >= 15 is 0 Å². The Morgan fingerprint density at radius 1 is 1.19 bits per heavy atom. The van der Waals surface area contributed by atoms with Crippen LogP contribution in [0.25, 0.3) is 0 Å². The third-order valence-corrected chi connectivity index (χ3v) is 5.64. The van der Waals surface area contributed by atoms with Crippen molar-refractivity contribution in [2.45, 2.75) is 38.7 Å². The van der Waals surface area contributed by atoms with Crippen LogP contribution in [0.3, 0.4) is 0 Å². The molecule has 1 aromatic carbocycles. The van der Waals surface area contributed by atoms with Crippen LogP contribution in [0.15, 0.2) is 45.7 Å². The number of hydrogen-bond donors (Lipinski definition) is 0. The number of carbonyl (C=O) groups excluding carboxylic acids is 1. The summed E-state index contributed by atoms with van der Waals surface area (Å²) in [6.45, 7) is 3.29. The van der Waals surface area contributed by atoms with Crippen LogP contribution in [0.5, 0.6) is 5.75 Å². The highest BCUT2D eigenvalue weighted by Crippen LogP contribution is 2.20. The minimum atomic E-state index is -0.0643. The fourth-order valence-electron chi connectivity index (χ4n) is 3.28. The first kappa shape index (κ1) is 19.7. The molecule has 27 heavy (non-hydrogen) atoms. The van der Waals surface area contributed by atoms with Crippen molar-refractivity contribution in [2.75, 3.05) is 13.1 Å². The number of hydrogen-bond acceptors (Lipinski definition) is 3. The van der Waals surface area contributed by atoms with Gasteiger partial charge in [-0.25, -0.2) is 0 Å². The molecule has 0 unspecified atom stereocenters. The SMILES string of the molecule is Cc1cc(OC2CCN(C(=O)CCc3ccc(Br)cc3)CC2)cc(=O)n1C. The van der Waals surface area contributed by atoms with Gasteiger partial charge in [0.25, 0.3) is 5.56 Å². The number of piperidine rings is 1. The van der Waals surface area contributed by atoms with Gasteiger partial charge in [-0.3, -0.25) is 9.59 Å². The normalized spacial score (nSPS) is 15.0. The number of rotatable bonds is 5. The Morgan fingerprint density at radius 2 is 1.85 bits per heavy atom. The Balaban J connectivity index is 1.47. The van der Waals surface area contributed by atoms with Gasteiger partial charge in [0.2, 0.25) is 5.91 Å². The molecule has 0 aliphatic carbocycles. The van der Waals surface area contributed by atoms with E-state index in [1.165, 1.54) is 11.6 Å². The van der Waals surface area contributed by atoms with Crippen molar-refractivity contribution in [1.29, 1.82) is 0 Å². The van der Waals surface area contributed by atoms with E-state index in [9.17, 15) is 9.59 Å². The molecule has 6 heteroatoms. The van der Waals surface area contributed by atoms with Gasteiger partial charge in [-0.2, -0.15) is 0 Å². The maximum absolute atomic E-state index is 12.5. The highest BCUT2D eigenvalue weighted by atomic mass is 79.9. The highest BCUT2D eigenvalue weighted by Gasteiger charge is 2.24. The lowest BCUT2D eigenvalue weighted by Crippen LogP contribution is -2.42. The second-order valence-electron chi connectivity index (χ2n) is 7.05. The summed E-state index contributed by atoms with van der Waals surface area (Å²) in [6.07, 6.45) is 2.92. The van der Waals surface area contributed by atoms with Crippen LogP contribution in [-0.2, 0) is 18.3 Å². The summed E-state index contributed by atoms with van der Waals surface area (Å²) in [5.41, 5.74) is 1.98. The zero-order valence-corrected chi connectivity index (χ0v) is 17.4. The molecule has 1 fully saturated rings. The van der Waals surface area contributed by atoms with Gasteiger partial charge in [0.1, 0.15) is 11.9 Å². The van der Waals surface area contributed by atoms with E-state index in [-0.39, 0.29) is 17.6 Å². The molecule has 0 bridgehead atoms. The monoisotopic (exact) mass is 432 g/mol. The fourth-order valence-corrected chi connectivity index (χ4v) is 3.55. The number of ether oxygens (including phenoxy) is 1. The van der Waals surface area contributed by atoms with Gasteiger partial charge in [-0.05, 0) is 37.1 Å². The Kier molecular flexibility index (Phi) is 6.37. The van der Waals surface area contributed by atoms with E-state index in [2.05, 4.69) is 15.9 Å². The van der Waals surface area contributed by atoms with Gasteiger partial charge in [0.05, 0.1) is 0 Å². The molecule has 2 heterocycles. The van der Waals surface area contributed by atoms with Crippen molar-refractivity contribution in [3.63, 3.8) is 0 Å². The summed E-state index contributed by atoms with van der Waals surface area (Å²) in [5.74, 6) is 0.816. The molecule has 2 aromatic rings. The Morgan fingerprint density at radius 3 is 2.48 bits per heavy atom. The molecule has 0 radical (unpaired) electrons. The number of aromatic nitrogens is 1. The van der Waals surface area contributed by atoms with Crippen molar-refractivity contribution < 1.29 is 9.53 Å². The average molecular weight is 433 g/mol. The maximum Gasteiger partial charge on any atom is 0.254 e. The molecule has 144 valence electrons. The van der Waals surface area contributed by atoms with E-state index in [4.69, 9.17) is 4.74 Å². The maximum atomic E-state index is 12.5. The first-order valence-corrected chi connectivity index (χ1v) is 10.1. The summed E-state index contributed by atoms with van der Waals surface area (Å²) in [4.78, 5) is 26.3. The molecule has 0 saturated carbocycles. The quantitative estimate of drug-likeness (QED) is 0.726. The molecule has 1 saturated heterocycles. The summed E-state index contributed by atoms with van der Waals surface area (Å²) in [5, 5.41) is 0. The standard InChI is InChI=1S/C21H25BrN2O3/c1-15-13-19(14-21(26)23(15)2)27-18-9-11-24(12-10-18)20(25)8-5-16-3-6-17(22)7-4-16/h3-4,6-7,13-14,18H,5,8-12H2,1-2H3. The van der Waals surface area contributed by atoms with Crippen molar-refractivity contribution >= 4 is 21.8 Å². The van der Waals surface area contributed by atoms with E-state index < -0.39 is 0 Å². The minimum absolute atomic E-state index is 0.0482. The van der Waals surface area contributed by atoms with Crippen molar-refractivity contribution in [1.82, 2.24) is 9.47 Å². The number of halogens is 1. The van der Waals surface area contributed by atoms with Crippen molar-refractivity contribution in [3.05, 3.63) is 62.5 Å². The molecular weight excluding hydrogens is 408 g/mol. The molecule has 1 amide bonds. The third-order valence-electron chi connectivity index (χ3n) is 5.11. The molecule has 5 nitrogen and oxygen atoms in total. The largest absolute Gasteiger partial charge is 0.490 e. The number of nitrogens with zero attached hydrogens (tertiary/aromatic N) is 2. The van der Waals surface area contributed by atoms with Crippen LogP contribution in [0.2, 0.25) is 0 Å². The van der Waals surface area contributed by atoms with Gasteiger partial charge in [-0.1, -0.05) is 28.1 Å². The van der Waals surface area contributed by atoms with E-state index in [0.29, 0.717) is 25.3 Å². The van der Waals surface area contributed by atoms with Crippen molar-refractivity contribution in [3.8, 4) is 5.75 Å². The number of pyridine rings is 1. The lowest BCUT2D eigenvalue weighted by atomic mass is 10.1. The Labute approximate surface area is 168 Å². The zero-order chi connectivity index (χ0) is 19.4. The van der Waals surface area contributed by atoms with E-state index in [1.807, 2.05) is 42.2 Å². The summed E-state index contributed by atoms with van der Waals surface area (Å²) >= 11 is 3.42. The average Bonchev–Trinajstić information content (AvgIpc) is 2.66. The topological polar surface area (TPSA) is 51.5 Å². The molecule has 0 spiro atoms. The number of likely N-dealkylation sites (tertiary alicyclic amines) is 1. The highest BCUT2D eigenvalue weighted by molar-refractivity contribution is 9.10. The molecule has 1 aliphatic rings. The van der Waals surface area contributed by atoms with Crippen LogP contribution in [-0.4, -0.2) is 34.6 Å². The molecule has 0 atom stereocenters.